The SMILES string of the molecule is CCN(CC)c1ccc(N[C]=O)cn1. The van der Waals surface area contributed by atoms with Crippen LogP contribution in [0.25, 0.3) is 0 Å². The van der Waals surface area contributed by atoms with Crippen molar-refractivity contribution in [2.45, 2.75) is 13.8 Å². The van der Waals surface area contributed by atoms with Gasteiger partial charge >= 0.3 is 6.41 Å². The largest absolute Gasteiger partial charge is 0.357 e. The van der Waals surface area contributed by atoms with Crippen LogP contribution in [0, 0.1) is 0 Å². The average Bonchev–Trinajstić information content (AvgIpc) is 2.23. The number of pyridine rings is 1. The number of nitrogens with one attached hydrogen (secondary N) is 1. The second-order valence-corrected chi connectivity index (χ2v) is 2.80. The first-order chi connectivity index (χ1) is 6.81. The second-order valence-electron chi connectivity index (χ2n) is 2.80. The Kier molecular flexibility index (Phi) is 3.91. The zero-order valence-electron chi connectivity index (χ0n) is 8.45. The first-order valence-corrected chi connectivity index (χ1v) is 4.66. The molecule has 0 saturated carbocycles. The summed E-state index contributed by atoms with van der Waals surface area (Å²) >= 11 is 0. The summed E-state index contributed by atoms with van der Waals surface area (Å²) in [5.41, 5.74) is 0.663. The molecule has 1 heterocycles. The van der Waals surface area contributed by atoms with E-state index in [0.29, 0.717) is 5.69 Å². The summed E-state index contributed by atoms with van der Waals surface area (Å²) in [5.74, 6) is 0.923. The number of nitrogens with zero attached hydrogens (tertiary/aromatic N) is 2. The van der Waals surface area contributed by atoms with Gasteiger partial charge in [-0.15, -0.1) is 0 Å². The highest BCUT2D eigenvalue weighted by Crippen LogP contribution is 2.12. The number of hydrogen-bond donors (Lipinski definition) is 1. The Labute approximate surface area is 83.9 Å². The van der Waals surface area contributed by atoms with Crippen LogP contribution in [0.2, 0.25) is 0 Å². The molecule has 1 N–H and O–H groups in total. The van der Waals surface area contributed by atoms with E-state index in [0.717, 1.165) is 18.9 Å². The fourth-order valence-electron chi connectivity index (χ4n) is 1.25. The molecule has 0 fully saturated rings. The van der Waals surface area contributed by atoms with Crippen LogP contribution in [0.4, 0.5) is 11.5 Å². The minimum Gasteiger partial charge on any atom is -0.357 e. The summed E-state index contributed by atoms with van der Waals surface area (Å²) in [7, 11) is 0. The summed E-state index contributed by atoms with van der Waals surface area (Å²) in [5, 5.41) is 2.42. The molecular weight excluding hydrogens is 178 g/mol. The molecule has 4 nitrogen and oxygen atoms in total. The fourth-order valence-corrected chi connectivity index (χ4v) is 1.25. The normalized spacial score (nSPS) is 9.57. The highest BCUT2D eigenvalue weighted by molar-refractivity contribution is 5.71. The molecule has 0 aliphatic heterocycles. The predicted octanol–water partition coefficient (Wildman–Crippen LogP) is 1.41. The second kappa shape index (κ2) is 5.21. The highest BCUT2D eigenvalue weighted by Gasteiger charge is 2.01. The Balaban J connectivity index is 2.76. The van der Waals surface area contributed by atoms with Gasteiger partial charge in [0.15, 0.2) is 0 Å². The van der Waals surface area contributed by atoms with Gasteiger partial charge in [-0.25, -0.2) is 4.98 Å². The van der Waals surface area contributed by atoms with Gasteiger partial charge in [0.05, 0.1) is 11.9 Å². The Morgan fingerprint density at radius 1 is 1.43 bits per heavy atom. The molecular formula is C10H14N3O. The number of carbonyl (C=O) groups excluding carboxylic acids is 1. The Morgan fingerprint density at radius 2 is 2.14 bits per heavy atom. The molecule has 1 rings (SSSR count). The lowest BCUT2D eigenvalue weighted by Crippen LogP contribution is -2.22. The molecule has 75 valence electrons. The summed E-state index contributed by atoms with van der Waals surface area (Å²) in [4.78, 5) is 16.4. The molecule has 0 unspecified atom stereocenters. The van der Waals surface area contributed by atoms with E-state index in [1.54, 1.807) is 12.6 Å². The standard InChI is InChI=1S/C10H14N3O/c1-3-13(4-2)10-6-5-9(7-11-10)12-8-14/h5-7H,3-4H2,1-2H3,(H,12,14). The van der Waals surface area contributed by atoms with Crippen molar-refractivity contribution in [3.05, 3.63) is 18.3 Å². The smallest absolute Gasteiger partial charge is 0.314 e. The third-order valence-electron chi connectivity index (χ3n) is 2.03. The monoisotopic (exact) mass is 192 g/mol. The molecule has 14 heavy (non-hydrogen) atoms. The fraction of sp³-hybridized carbons (Fsp3) is 0.400. The zero-order valence-corrected chi connectivity index (χ0v) is 8.45. The number of aromatic nitrogens is 1. The van der Waals surface area contributed by atoms with E-state index in [2.05, 4.69) is 29.0 Å². The first kappa shape index (κ1) is 10.5. The van der Waals surface area contributed by atoms with Crippen LogP contribution in [0.1, 0.15) is 13.8 Å². The minimum atomic E-state index is 0.663. The Bertz CT molecular complexity index is 280. The third kappa shape index (κ3) is 2.45. The van der Waals surface area contributed by atoms with Gasteiger partial charge in [-0.05, 0) is 26.0 Å². The maximum absolute atomic E-state index is 10.0. The molecule has 1 amide bonds. The lowest BCUT2D eigenvalue weighted by Gasteiger charge is -2.19. The van der Waals surface area contributed by atoms with Crippen LogP contribution < -0.4 is 10.2 Å². The van der Waals surface area contributed by atoms with E-state index < -0.39 is 0 Å². The molecule has 0 saturated heterocycles. The minimum absolute atomic E-state index is 0.663. The topological polar surface area (TPSA) is 45.2 Å². The summed E-state index contributed by atoms with van der Waals surface area (Å²) < 4.78 is 0. The van der Waals surface area contributed by atoms with Crippen molar-refractivity contribution in [1.29, 1.82) is 0 Å². The average molecular weight is 192 g/mol. The summed E-state index contributed by atoms with van der Waals surface area (Å²) in [6.07, 6.45) is 3.23. The van der Waals surface area contributed by atoms with E-state index in [1.807, 2.05) is 12.1 Å². The van der Waals surface area contributed by atoms with Crippen molar-refractivity contribution >= 4 is 17.9 Å². The van der Waals surface area contributed by atoms with Crippen LogP contribution in [-0.4, -0.2) is 24.5 Å². The molecule has 1 aromatic rings. The predicted molar refractivity (Wildman–Crippen MR) is 57.1 cm³/mol. The molecule has 0 bridgehead atoms. The van der Waals surface area contributed by atoms with Crippen molar-refractivity contribution in [3.8, 4) is 0 Å². The molecule has 0 spiro atoms. The van der Waals surface area contributed by atoms with Gasteiger partial charge in [-0.2, -0.15) is 0 Å². The van der Waals surface area contributed by atoms with Crippen LogP contribution in [0.3, 0.4) is 0 Å². The first-order valence-electron chi connectivity index (χ1n) is 4.66. The van der Waals surface area contributed by atoms with Gasteiger partial charge in [0.25, 0.3) is 0 Å². The molecule has 1 aromatic heterocycles. The van der Waals surface area contributed by atoms with Gasteiger partial charge in [-0.3, -0.25) is 4.79 Å². The number of amides is 1. The number of hydrogen-bond acceptors (Lipinski definition) is 3. The van der Waals surface area contributed by atoms with Crippen LogP contribution in [0.15, 0.2) is 18.3 Å². The van der Waals surface area contributed by atoms with Crippen LogP contribution >= 0.6 is 0 Å². The van der Waals surface area contributed by atoms with Crippen LogP contribution in [-0.2, 0) is 4.79 Å². The van der Waals surface area contributed by atoms with E-state index in [9.17, 15) is 4.79 Å². The maximum atomic E-state index is 10.0. The highest BCUT2D eigenvalue weighted by atomic mass is 16.1. The third-order valence-corrected chi connectivity index (χ3v) is 2.03. The number of anilines is 2. The van der Waals surface area contributed by atoms with Gasteiger partial charge in [0.2, 0.25) is 0 Å². The van der Waals surface area contributed by atoms with Crippen molar-refractivity contribution in [2.75, 3.05) is 23.3 Å². The maximum Gasteiger partial charge on any atom is 0.314 e. The lowest BCUT2D eigenvalue weighted by atomic mass is 10.3. The molecule has 4 heteroatoms. The Morgan fingerprint density at radius 3 is 2.57 bits per heavy atom. The molecule has 0 aromatic carbocycles. The van der Waals surface area contributed by atoms with Crippen molar-refractivity contribution in [3.63, 3.8) is 0 Å². The van der Waals surface area contributed by atoms with Crippen molar-refractivity contribution in [1.82, 2.24) is 4.98 Å². The molecule has 0 aliphatic rings. The van der Waals surface area contributed by atoms with Gasteiger partial charge in [0.1, 0.15) is 5.82 Å². The Hall–Kier alpha value is -1.58. The zero-order chi connectivity index (χ0) is 10.4. The van der Waals surface area contributed by atoms with E-state index >= 15 is 0 Å². The van der Waals surface area contributed by atoms with Gasteiger partial charge < -0.3 is 10.2 Å². The van der Waals surface area contributed by atoms with E-state index in [4.69, 9.17) is 0 Å². The number of rotatable bonds is 5. The molecule has 0 atom stereocenters. The van der Waals surface area contributed by atoms with Crippen molar-refractivity contribution < 1.29 is 4.79 Å². The van der Waals surface area contributed by atoms with Crippen LogP contribution in [0.5, 0.6) is 0 Å². The van der Waals surface area contributed by atoms with Crippen molar-refractivity contribution in [2.24, 2.45) is 0 Å². The summed E-state index contributed by atoms with van der Waals surface area (Å²) in [6, 6.07) is 3.69. The molecule has 1 radical (unpaired) electrons. The summed E-state index contributed by atoms with van der Waals surface area (Å²) in [6.45, 7) is 6.01. The van der Waals surface area contributed by atoms with Gasteiger partial charge in [-0.1, -0.05) is 0 Å². The molecule has 0 aliphatic carbocycles. The quantitative estimate of drug-likeness (QED) is 0.717. The lowest BCUT2D eigenvalue weighted by molar-refractivity contribution is 0.561. The van der Waals surface area contributed by atoms with Gasteiger partial charge in [0, 0.05) is 13.1 Å². The van der Waals surface area contributed by atoms with E-state index in [-0.39, 0.29) is 0 Å². The van der Waals surface area contributed by atoms with E-state index in [1.165, 1.54) is 0 Å².